The predicted octanol–water partition coefficient (Wildman–Crippen LogP) is 1.13. The van der Waals surface area contributed by atoms with E-state index in [-0.39, 0.29) is 11.6 Å². The van der Waals surface area contributed by atoms with E-state index in [4.69, 9.17) is 4.84 Å². The third kappa shape index (κ3) is 2.70. The molecule has 0 saturated carbocycles. The predicted molar refractivity (Wildman–Crippen MR) is 45.6 cm³/mol. The van der Waals surface area contributed by atoms with Crippen LogP contribution in [0.1, 0.15) is 27.2 Å². The summed E-state index contributed by atoms with van der Waals surface area (Å²) in [5.74, 6) is 0. The Hall–Kier alpha value is -0.770. The van der Waals surface area contributed by atoms with Crippen LogP contribution in [-0.4, -0.2) is 29.8 Å². The van der Waals surface area contributed by atoms with Crippen LogP contribution in [0.25, 0.3) is 0 Å². The Balaban J connectivity index is 2.37. The second-order valence-corrected chi connectivity index (χ2v) is 3.97. The zero-order valence-corrected chi connectivity index (χ0v) is 7.89. The van der Waals surface area contributed by atoms with Gasteiger partial charge in [0.15, 0.2) is 0 Å². The molecule has 1 rings (SSSR count). The number of hydroxylamine groups is 2. The molecule has 1 aliphatic rings. The minimum atomic E-state index is -0.191. The Labute approximate surface area is 72.8 Å². The van der Waals surface area contributed by atoms with Gasteiger partial charge in [-0.3, -0.25) is 4.84 Å². The SMILES string of the molecule is CC(C)(C)NC(=O)N1CCCO1. The lowest BCUT2D eigenvalue weighted by Crippen LogP contribution is -2.47. The highest BCUT2D eigenvalue weighted by atomic mass is 16.7. The molecule has 1 heterocycles. The summed E-state index contributed by atoms with van der Waals surface area (Å²) >= 11 is 0. The molecule has 1 fully saturated rings. The van der Waals surface area contributed by atoms with Gasteiger partial charge in [-0.2, -0.15) is 0 Å². The first kappa shape index (κ1) is 9.32. The summed E-state index contributed by atoms with van der Waals surface area (Å²) < 4.78 is 0. The normalized spacial score (nSPS) is 18.1. The highest BCUT2D eigenvalue weighted by Crippen LogP contribution is 2.06. The Morgan fingerprint density at radius 3 is 2.58 bits per heavy atom. The van der Waals surface area contributed by atoms with Crippen molar-refractivity contribution < 1.29 is 9.63 Å². The minimum absolute atomic E-state index is 0.139. The van der Waals surface area contributed by atoms with Crippen molar-refractivity contribution in [3.05, 3.63) is 0 Å². The number of urea groups is 1. The lowest BCUT2D eigenvalue weighted by molar-refractivity contribution is -0.0678. The van der Waals surface area contributed by atoms with E-state index in [1.165, 1.54) is 5.06 Å². The van der Waals surface area contributed by atoms with Crippen molar-refractivity contribution in [1.29, 1.82) is 0 Å². The Morgan fingerprint density at radius 2 is 2.17 bits per heavy atom. The maximum absolute atomic E-state index is 11.4. The average molecular weight is 172 g/mol. The molecule has 0 bridgehead atoms. The molecular formula is C8H16N2O2. The van der Waals surface area contributed by atoms with Crippen LogP contribution in [0.5, 0.6) is 0 Å². The third-order valence-corrected chi connectivity index (χ3v) is 1.46. The van der Waals surface area contributed by atoms with E-state index >= 15 is 0 Å². The number of nitrogens with zero attached hydrogens (tertiary/aromatic N) is 1. The smallest absolute Gasteiger partial charge is 0.332 e. The van der Waals surface area contributed by atoms with E-state index in [1.807, 2.05) is 20.8 Å². The van der Waals surface area contributed by atoms with E-state index in [0.29, 0.717) is 13.2 Å². The molecule has 1 saturated heterocycles. The quantitative estimate of drug-likeness (QED) is 0.595. The molecule has 0 radical (unpaired) electrons. The van der Waals surface area contributed by atoms with Crippen LogP contribution in [0.15, 0.2) is 0 Å². The van der Waals surface area contributed by atoms with Crippen LogP contribution >= 0.6 is 0 Å². The van der Waals surface area contributed by atoms with Gasteiger partial charge in [0.25, 0.3) is 0 Å². The van der Waals surface area contributed by atoms with Gasteiger partial charge in [-0.05, 0) is 27.2 Å². The van der Waals surface area contributed by atoms with Crippen molar-refractivity contribution in [3.63, 3.8) is 0 Å². The summed E-state index contributed by atoms with van der Waals surface area (Å²) in [4.78, 5) is 16.4. The number of amides is 2. The molecule has 4 heteroatoms. The standard InChI is InChI=1S/C8H16N2O2/c1-8(2,3)9-7(11)10-5-4-6-12-10/h4-6H2,1-3H3,(H,9,11). The van der Waals surface area contributed by atoms with Gasteiger partial charge in [-0.15, -0.1) is 0 Å². The number of hydrogen-bond acceptors (Lipinski definition) is 2. The first-order chi connectivity index (χ1) is 5.49. The van der Waals surface area contributed by atoms with E-state index in [9.17, 15) is 4.79 Å². The van der Waals surface area contributed by atoms with Gasteiger partial charge >= 0.3 is 6.03 Å². The van der Waals surface area contributed by atoms with E-state index in [1.54, 1.807) is 0 Å². The molecule has 2 amide bonds. The fourth-order valence-corrected chi connectivity index (χ4v) is 0.991. The highest BCUT2D eigenvalue weighted by molar-refractivity contribution is 5.73. The van der Waals surface area contributed by atoms with Crippen molar-refractivity contribution in [1.82, 2.24) is 10.4 Å². The molecule has 0 aromatic rings. The Kier molecular flexibility index (Phi) is 2.57. The zero-order valence-electron chi connectivity index (χ0n) is 7.89. The first-order valence-electron chi connectivity index (χ1n) is 4.22. The minimum Gasteiger partial charge on any atom is -0.332 e. The molecule has 0 unspecified atom stereocenters. The summed E-state index contributed by atoms with van der Waals surface area (Å²) in [6.45, 7) is 7.18. The maximum Gasteiger partial charge on any atom is 0.341 e. The number of carbonyl (C=O) groups excluding carboxylic acids is 1. The second kappa shape index (κ2) is 3.31. The van der Waals surface area contributed by atoms with Gasteiger partial charge < -0.3 is 5.32 Å². The van der Waals surface area contributed by atoms with Crippen molar-refractivity contribution in [2.24, 2.45) is 0 Å². The van der Waals surface area contributed by atoms with Gasteiger partial charge in [0.1, 0.15) is 0 Å². The van der Waals surface area contributed by atoms with Crippen LogP contribution in [0, 0.1) is 0 Å². The van der Waals surface area contributed by atoms with Crippen molar-refractivity contribution in [2.75, 3.05) is 13.2 Å². The number of hydrogen-bond donors (Lipinski definition) is 1. The van der Waals surface area contributed by atoms with Crippen LogP contribution in [0.4, 0.5) is 4.79 Å². The van der Waals surface area contributed by atoms with Gasteiger partial charge in [0, 0.05) is 5.54 Å². The highest BCUT2D eigenvalue weighted by Gasteiger charge is 2.22. The number of nitrogens with one attached hydrogen (secondary N) is 1. The lowest BCUT2D eigenvalue weighted by Gasteiger charge is -2.24. The fourth-order valence-electron chi connectivity index (χ4n) is 0.991. The first-order valence-corrected chi connectivity index (χ1v) is 4.22. The van der Waals surface area contributed by atoms with E-state index in [2.05, 4.69) is 5.32 Å². The van der Waals surface area contributed by atoms with E-state index in [0.717, 1.165) is 6.42 Å². The third-order valence-electron chi connectivity index (χ3n) is 1.46. The van der Waals surface area contributed by atoms with Crippen molar-refractivity contribution >= 4 is 6.03 Å². The van der Waals surface area contributed by atoms with Crippen molar-refractivity contribution in [3.8, 4) is 0 Å². The maximum atomic E-state index is 11.4. The summed E-state index contributed by atoms with van der Waals surface area (Å²) in [6.07, 6.45) is 0.928. The van der Waals surface area contributed by atoms with Crippen LogP contribution in [0.3, 0.4) is 0 Å². The van der Waals surface area contributed by atoms with Gasteiger partial charge in [0.05, 0.1) is 13.2 Å². The molecule has 12 heavy (non-hydrogen) atoms. The topological polar surface area (TPSA) is 41.6 Å². The number of rotatable bonds is 0. The second-order valence-electron chi connectivity index (χ2n) is 3.97. The molecular weight excluding hydrogens is 156 g/mol. The summed E-state index contributed by atoms with van der Waals surface area (Å²) in [5.41, 5.74) is -0.191. The van der Waals surface area contributed by atoms with Gasteiger partial charge in [-0.25, -0.2) is 9.86 Å². The summed E-state index contributed by atoms with van der Waals surface area (Å²) in [6, 6.07) is -0.139. The summed E-state index contributed by atoms with van der Waals surface area (Å²) in [5, 5.41) is 4.20. The largest absolute Gasteiger partial charge is 0.341 e. The Morgan fingerprint density at radius 1 is 1.50 bits per heavy atom. The van der Waals surface area contributed by atoms with Crippen molar-refractivity contribution in [2.45, 2.75) is 32.7 Å². The fraction of sp³-hybridized carbons (Fsp3) is 0.875. The average Bonchev–Trinajstić information content (AvgIpc) is 2.32. The molecule has 0 atom stereocenters. The Bertz CT molecular complexity index is 168. The zero-order chi connectivity index (χ0) is 9.19. The molecule has 0 spiro atoms. The molecule has 1 aliphatic heterocycles. The molecule has 70 valence electrons. The van der Waals surface area contributed by atoms with Gasteiger partial charge in [-0.1, -0.05) is 0 Å². The van der Waals surface area contributed by atoms with Crippen LogP contribution in [0.2, 0.25) is 0 Å². The molecule has 0 aliphatic carbocycles. The number of carbonyl (C=O) groups is 1. The van der Waals surface area contributed by atoms with E-state index < -0.39 is 0 Å². The van der Waals surface area contributed by atoms with Crippen LogP contribution < -0.4 is 5.32 Å². The lowest BCUT2D eigenvalue weighted by atomic mass is 10.1. The van der Waals surface area contributed by atoms with Gasteiger partial charge in [0.2, 0.25) is 0 Å². The van der Waals surface area contributed by atoms with Crippen LogP contribution in [-0.2, 0) is 4.84 Å². The molecule has 0 aromatic carbocycles. The molecule has 4 nitrogen and oxygen atoms in total. The molecule has 0 aromatic heterocycles. The monoisotopic (exact) mass is 172 g/mol. The molecule has 1 N–H and O–H groups in total. The summed E-state index contributed by atoms with van der Waals surface area (Å²) in [7, 11) is 0.